The molecule has 0 aromatic heterocycles. The molecule has 0 unspecified atom stereocenters. The monoisotopic (exact) mass is 256 g/mol. The molecule has 94 valence electrons. The number of ether oxygens (including phenoxy) is 1. The van der Waals surface area contributed by atoms with E-state index in [4.69, 9.17) is 22.1 Å². The lowest BCUT2D eigenvalue weighted by Gasteiger charge is -2.09. The second kappa shape index (κ2) is 6.47. The van der Waals surface area contributed by atoms with E-state index in [1.54, 1.807) is 18.2 Å². The number of anilines is 1. The SMILES string of the molecule is CC(C)OCCNC(=O)c1ccc(N)cc1Cl. The molecular formula is C12H17ClN2O2. The summed E-state index contributed by atoms with van der Waals surface area (Å²) in [6.07, 6.45) is 0.159. The van der Waals surface area contributed by atoms with Gasteiger partial charge in [0.1, 0.15) is 0 Å². The van der Waals surface area contributed by atoms with Crippen molar-refractivity contribution in [2.75, 3.05) is 18.9 Å². The van der Waals surface area contributed by atoms with Gasteiger partial charge in [-0.3, -0.25) is 4.79 Å². The smallest absolute Gasteiger partial charge is 0.252 e. The summed E-state index contributed by atoms with van der Waals surface area (Å²) in [4.78, 5) is 11.7. The Hall–Kier alpha value is -1.26. The molecule has 5 heteroatoms. The lowest BCUT2D eigenvalue weighted by Crippen LogP contribution is -2.28. The van der Waals surface area contributed by atoms with Crippen LogP contribution < -0.4 is 11.1 Å². The zero-order chi connectivity index (χ0) is 12.8. The first-order chi connectivity index (χ1) is 8.00. The highest BCUT2D eigenvalue weighted by Gasteiger charge is 2.09. The van der Waals surface area contributed by atoms with E-state index < -0.39 is 0 Å². The molecule has 0 aliphatic rings. The van der Waals surface area contributed by atoms with Crippen LogP contribution in [-0.2, 0) is 4.74 Å². The molecule has 1 aromatic rings. The summed E-state index contributed by atoms with van der Waals surface area (Å²) in [6.45, 7) is 4.82. The number of amides is 1. The van der Waals surface area contributed by atoms with Crippen LogP contribution in [0.25, 0.3) is 0 Å². The Balaban J connectivity index is 2.47. The summed E-state index contributed by atoms with van der Waals surface area (Å²) in [6, 6.07) is 4.81. The van der Waals surface area contributed by atoms with E-state index in [0.29, 0.717) is 29.4 Å². The van der Waals surface area contributed by atoms with Crippen LogP contribution in [0.4, 0.5) is 5.69 Å². The Kier molecular flexibility index (Phi) is 5.25. The molecule has 0 aliphatic carbocycles. The minimum absolute atomic E-state index is 0.159. The van der Waals surface area contributed by atoms with Crippen molar-refractivity contribution >= 4 is 23.2 Å². The standard InChI is InChI=1S/C12H17ClN2O2/c1-8(2)17-6-5-15-12(16)10-4-3-9(14)7-11(10)13/h3-4,7-8H,5-6,14H2,1-2H3,(H,15,16). The van der Waals surface area contributed by atoms with E-state index in [2.05, 4.69) is 5.32 Å². The van der Waals surface area contributed by atoms with Gasteiger partial charge in [-0.05, 0) is 32.0 Å². The predicted octanol–water partition coefficient (Wildman–Crippen LogP) is 2.08. The molecule has 0 aliphatic heterocycles. The number of nitrogens with one attached hydrogen (secondary N) is 1. The lowest BCUT2D eigenvalue weighted by atomic mass is 10.2. The number of benzene rings is 1. The first-order valence-electron chi connectivity index (χ1n) is 5.45. The Labute approximate surface area is 106 Å². The van der Waals surface area contributed by atoms with Crippen LogP contribution in [0.3, 0.4) is 0 Å². The van der Waals surface area contributed by atoms with E-state index in [1.165, 1.54) is 0 Å². The number of carbonyl (C=O) groups is 1. The molecule has 0 saturated carbocycles. The number of nitrogens with two attached hydrogens (primary N) is 1. The maximum atomic E-state index is 11.7. The maximum absolute atomic E-state index is 11.7. The molecule has 0 bridgehead atoms. The van der Waals surface area contributed by atoms with Gasteiger partial charge in [0, 0.05) is 12.2 Å². The van der Waals surface area contributed by atoms with Crippen molar-refractivity contribution < 1.29 is 9.53 Å². The molecule has 0 heterocycles. The van der Waals surface area contributed by atoms with Gasteiger partial charge in [-0.15, -0.1) is 0 Å². The highest BCUT2D eigenvalue weighted by molar-refractivity contribution is 6.34. The molecule has 17 heavy (non-hydrogen) atoms. The fourth-order valence-corrected chi connectivity index (χ4v) is 1.54. The fourth-order valence-electron chi connectivity index (χ4n) is 1.27. The lowest BCUT2D eigenvalue weighted by molar-refractivity contribution is 0.0746. The fraction of sp³-hybridized carbons (Fsp3) is 0.417. The van der Waals surface area contributed by atoms with Crippen molar-refractivity contribution in [1.82, 2.24) is 5.32 Å². The number of carbonyl (C=O) groups excluding carboxylic acids is 1. The summed E-state index contributed by atoms with van der Waals surface area (Å²) in [7, 11) is 0. The van der Waals surface area contributed by atoms with Crippen LogP contribution >= 0.6 is 11.6 Å². The molecule has 1 amide bonds. The molecule has 1 aromatic carbocycles. The first kappa shape index (κ1) is 13.8. The Morgan fingerprint density at radius 2 is 2.24 bits per heavy atom. The van der Waals surface area contributed by atoms with Crippen molar-refractivity contribution in [2.24, 2.45) is 0 Å². The van der Waals surface area contributed by atoms with Crippen LogP contribution in [0.2, 0.25) is 5.02 Å². The highest BCUT2D eigenvalue weighted by atomic mass is 35.5. The third-order valence-corrected chi connectivity index (χ3v) is 2.39. The van der Waals surface area contributed by atoms with Gasteiger partial charge in [-0.1, -0.05) is 11.6 Å². The maximum Gasteiger partial charge on any atom is 0.252 e. The van der Waals surface area contributed by atoms with Gasteiger partial charge in [0.2, 0.25) is 0 Å². The summed E-state index contributed by atoms with van der Waals surface area (Å²) in [5.41, 5.74) is 6.50. The normalized spacial score (nSPS) is 10.6. The summed E-state index contributed by atoms with van der Waals surface area (Å²) in [5.74, 6) is -0.220. The third-order valence-electron chi connectivity index (χ3n) is 2.08. The number of hydrogen-bond donors (Lipinski definition) is 2. The van der Waals surface area contributed by atoms with Gasteiger partial charge >= 0.3 is 0 Å². The molecular weight excluding hydrogens is 240 g/mol. The van der Waals surface area contributed by atoms with Gasteiger partial charge < -0.3 is 15.8 Å². The molecule has 0 spiro atoms. The molecule has 4 nitrogen and oxygen atoms in total. The van der Waals surface area contributed by atoms with Crippen LogP contribution in [0, 0.1) is 0 Å². The average Bonchev–Trinajstić information content (AvgIpc) is 2.23. The number of nitrogen functional groups attached to an aromatic ring is 1. The Bertz CT molecular complexity index is 394. The van der Waals surface area contributed by atoms with E-state index in [-0.39, 0.29) is 12.0 Å². The van der Waals surface area contributed by atoms with Gasteiger partial charge in [-0.2, -0.15) is 0 Å². The van der Waals surface area contributed by atoms with Gasteiger partial charge in [-0.25, -0.2) is 0 Å². The number of halogens is 1. The predicted molar refractivity (Wildman–Crippen MR) is 69.3 cm³/mol. The van der Waals surface area contributed by atoms with Crippen molar-refractivity contribution in [3.05, 3.63) is 28.8 Å². The largest absolute Gasteiger partial charge is 0.399 e. The quantitative estimate of drug-likeness (QED) is 0.626. The Morgan fingerprint density at radius 1 is 1.53 bits per heavy atom. The number of hydrogen-bond acceptors (Lipinski definition) is 3. The second-order valence-corrected chi connectivity index (χ2v) is 4.32. The zero-order valence-electron chi connectivity index (χ0n) is 10.00. The van der Waals surface area contributed by atoms with Gasteiger partial charge in [0.05, 0.1) is 23.3 Å². The zero-order valence-corrected chi connectivity index (χ0v) is 10.8. The van der Waals surface area contributed by atoms with Crippen molar-refractivity contribution in [3.63, 3.8) is 0 Å². The second-order valence-electron chi connectivity index (χ2n) is 3.91. The van der Waals surface area contributed by atoms with Crippen molar-refractivity contribution in [1.29, 1.82) is 0 Å². The topological polar surface area (TPSA) is 64.3 Å². The minimum atomic E-state index is -0.220. The third kappa shape index (κ3) is 4.63. The molecule has 0 radical (unpaired) electrons. The van der Waals surface area contributed by atoms with Crippen molar-refractivity contribution in [3.8, 4) is 0 Å². The molecule has 0 atom stereocenters. The van der Waals surface area contributed by atoms with Crippen molar-refractivity contribution in [2.45, 2.75) is 20.0 Å². The van der Waals surface area contributed by atoms with E-state index >= 15 is 0 Å². The van der Waals surface area contributed by atoms with Crippen LogP contribution in [0.5, 0.6) is 0 Å². The Morgan fingerprint density at radius 3 is 2.82 bits per heavy atom. The molecule has 1 rings (SSSR count). The number of rotatable bonds is 5. The van der Waals surface area contributed by atoms with Crippen LogP contribution in [0.15, 0.2) is 18.2 Å². The van der Waals surface area contributed by atoms with E-state index in [9.17, 15) is 4.79 Å². The molecule has 0 fully saturated rings. The summed E-state index contributed by atoms with van der Waals surface area (Å²) < 4.78 is 5.31. The minimum Gasteiger partial charge on any atom is -0.399 e. The summed E-state index contributed by atoms with van der Waals surface area (Å²) in [5, 5.41) is 3.08. The van der Waals surface area contributed by atoms with Gasteiger partial charge in [0.25, 0.3) is 5.91 Å². The van der Waals surface area contributed by atoms with Gasteiger partial charge in [0.15, 0.2) is 0 Å². The van der Waals surface area contributed by atoms with Crippen LogP contribution in [0.1, 0.15) is 24.2 Å². The van der Waals surface area contributed by atoms with E-state index in [1.807, 2.05) is 13.8 Å². The van der Waals surface area contributed by atoms with E-state index in [0.717, 1.165) is 0 Å². The van der Waals surface area contributed by atoms with Crippen LogP contribution in [-0.4, -0.2) is 25.2 Å². The highest BCUT2D eigenvalue weighted by Crippen LogP contribution is 2.18. The average molecular weight is 257 g/mol. The summed E-state index contributed by atoms with van der Waals surface area (Å²) >= 11 is 5.92. The first-order valence-corrected chi connectivity index (χ1v) is 5.83. The molecule has 0 saturated heterocycles. The molecule has 3 N–H and O–H groups in total.